The van der Waals surface area contributed by atoms with Gasteiger partial charge < -0.3 is 15.0 Å². The molecule has 4 nitrogen and oxygen atoms in total. The number of nitrogens with zero attached hydrogens (tertiary/aromatic N) is 1. The number of benzene rings is 2. The number of carboxylic acid groups (broad SMARTS) is 1. The van der Waals surface area contributed by atoms with Crippen molar-refractivity contribution in [3.8, 4) is 5.75 Å². The molecule has 0 aliphatic rings. The molecular formula is C21H22Cl2NNaO3. The monoisotopic (exact) mass is 429 g/mol. The topological polar surface area (TPSA) is 72.7 Å². The summed E-state index contributed by atoms with van der Waals surface area (Å²) in [5.41, 5.74) is 2.67. The van der Waals surface area contributed by atoms with Crippen molar-refractivity contribution in [1.82, 2.24) is 0 Å². The second kappa shape index (κ2) is 11.8. The Morgan fingerprint density at radius 3 is 2.39 bits per heavy atom. The maximum absolute atomic E-state index is 10.6. The zero-order chi connectivity index (χ0) is 20.0. The number of hydrogen-bond acceptors (Lipinski definition) is 4. The van der Waals surface area contributed by atoms with Crippen LogP contribution in [0.3, 0.4) is 0 Å². The van der Waals surface area contributed by atoms with Gasteiger partial charge in [0.05, 0.1) is 5.71 Å². The average molecular weight is 430 g/mol. The van der Waals surface area contributed by atoms with Crippen LogP contribution in [0.25, 0.3) is 0 Å². The number of phenols is 1. The number of aromatic hydroxyl groups is 1. The van der Waals surface area contributed by atoms with E-state index in [0.29, 0.717) is 33.3 Å². The molecule has 0 saturated heterocycles. The van der Waals surface area contributed by atoms with Crippen molar-refractivity contribution >= 4 is 34.9 Å². The van der Waals surface area contributed by atoms with E-state index in [4.69, 9.17) is 28.2 Å². The number of carboxylic acids is 1. The van der Waals surface area contributed by atoms with Crippen LogP contribution < -0.4 is 34.7 Å². The number of carbonyl (C=O) groups excluding carboxylic acids is 1. The van der Waals surface area contributed by atoms with Crippen molar-refractivity contribution in [2.75, 3.05) is 0 Å². The van der Waals surface area contributed by atoms with Gasteiger partial charge in [0.15, 0.2) is 0 Å². The van der Waals surface area contributed by atoms with Gasteiger partial charge in [-0.05, 0) is 62.9 Å². The van der Waals surface area contributed by atoms with E-state index in [1.54, 1.807) is 31.2 Å². The maximum Gasteiger partial charge on any atom is 1.00 e. The molecule has 2 rings (SSSR count). The number of halogens is 2. The van der Waals surface area contributed by atoms with Gasteiger partial charge in [-0.3, -0.25) is 4.99 Å². The maximum atomic E-state index is 10.6. The predicted octanol–water partition coefficient (Wildman–Crippen LogP) is 1.55. The zero-order valence-corrected chi connectivity index (χ0v) is 19.8. The molecule has 1 atom stereocenters. The fourth-order valence-electron chi connectivity index (χ4n) is 2.82. The van der Waals surface area contributed by atoms with Crippen LogP contribution in [0.5, 0.6) is 5.75 Å². The molecule has 0 spiro atoms. The molecule has 0 aliphatic heterocycles. The van der Waals surface area contributed by atoms with E-state index in [9.17, 15) is 15.0 Å². The summed E-state index contributed by atoms with van der Waals surface area (Å²) in [6.07, 6.45) is 2.06. The van der Waals surface area contributed by atoms with Crippen molar-refractivity contribution in [2.24, 2.45) is 4.99 Å². The Bertz CT molecular complexity index is 838. The van der Waals surface area contributed by atoms with Crippen LogP contribution in [0.2, 0.25) is 10.0 Å². The molecule has 0 amide bonds. The minimum Gasteiger partial charge on any atom is -0.550 e. The van der Waals surface area contributed by atoms with Gasteiger partial charge in [-0.25, -0.2) is 0 Å². The zero-order valence-electron chi connectivity index (χ0n) is 16.3. The molecule has 0 radical (unpaired) electrons. The minimum atomic E-state index is -1.03. The molecule has 2 aromatic carbocycles. The molecule has 7 heteroatoms. The number of carbonyl (C=O) groups is 1. The predicted molar refractivity (Wildman–Crippen MR) is 108 cm³/mol. The number of aryl methyl sites for hydroxylation is 1. The van der Waals surface area contributed by atoms with Gasteiger partial charge >= 0.3 is 29.6 Å². The van der Waals surface area contributed by atoms with Crippen molar-refractivity contribution in [2.45, 2.75) is 45.6 Å². The largest absolute Gasteiger partial charge is 1.00 e. The summed E-state index contributed by atoms with van der Waals surface area (Å²) in [6.45, 7) is 3.75. The Hall–Kier alpha value is -1.04. The van der Waals surface area contributed by atoms with Crippen molar-refractivity contribution in [3.05, 3.63) is 63.1 Å². The fraction of sp³-hybridized carbons (Fsp3) is 0.333. The van der Waals surface area contributed by atoms with Crippen LogP contribution in [0.4, 0.5) is 0 Å². The smallest absolute Gasteiger partial charge is 0.550 e. The summed E-state index contributed by atoms with van der Waals surface area (Å²) in [5, 5.41) is 22.2. The average Bonchev–Trinajstić information content (AvgIpc) is 2.60. The molecule has 28 heavy (non-hydrogen) atoms. The Labute approximate surface area is 197 Å². The van der Waals surface area contributed by atoms with E-state index in [-0.39, 0.29) is 47.8 Å². The van der Waals surface area contributed by atoms with Crippen LogP contribution in [-0.2, 0) is 4.79 Å². The molecule has 0 fully saturated rings. The molecule has 0 aromatic heterocycles. The van der Waals surface area contributed by atoms with E-state index in [1.807, 2.05) is 19.1 Å². The summed E-state index contributed by atoms with van der Waals surface area (Å²) < 4.78 is 0. The molecule has 1 unspecified atom stereocenters. The van der Waals surface area contributed by atoms with Gasteiger partial charge in [0.1, 0.15) is 5.75 Å². The SMILES string of the molecule is Cc1cc(Cl)cc(C(=NC(C)CCCCC(=O)[O-])c2ccc(Cl)cc2)c1O.[Na+]. The molecule has 2 aromatic rings. The fourth-order valence-corrected chi connectivity index (χ4v) is 3.22. The van der Waals surface area contributed by atoms with E-state index >= 15 is 0 Å². The van der Waals surface area contributed by atoms with E-state index in [1.165, 1.54) is 0 Å². The van der Waals surface area contributed by atoms with Crippen LogP contribution >= 0.6 is 23.2 Å². The number of phenolic OH excluding ortho intramolecular Hbond substituents is 1. The van der Waals surface area contributed by atoms with Crippen LogP contribution in [0, 0.1) is 6.92 Å². The number of aliphatic carboxylic acids is 1. The van der Waals surface area contributed by atoms with Gasteiger partial charge in [0.25, 0.3) is 0 Å². The number of aliphatic imine (C=N–C) groups is 1. The standard InChI is InChI=1S/C21H23Cl2NO3.Na/c1-13-11-17(23)12-18(21(13)27)20(15-7-9-16(22)10-8-15)24-14(2)5-3-4-6-19(25)26;/h7-12,14,27H,3-6H2,1-2H3,(H,25,26);/q;+1/p-1. The van der Waals surface area contributed by atoms with Gasteiger partial charge in [-0.2, -0.15) is 0 Å². The first-order valence-corrected chi connectivity index (χ1v) is 9.56. The quantitative estimate of drug-likeness (QED) is 0.393. The molecule has 1 N–H and O–H groups in total. The third-order valence-corrected chi connectivity index (χ3v) is 4.71. The summed E-state index contributed by atoms with van der Waals surface area (Å²) in [5.74, 6) is -0.899. The molecule has 0 saturated carbocycles. The Kier molecular flexibility index (Phi) is 10.6. The first-order valence-electron chi connectivity index (χ1n) is 8.81. The molecule has 144 valence electrons. The molecule has 0 bridgehead atoms. The minimum absolute atomic E-state index is 0. The van der Waals surface area contributed by atoms with Crippen molar-refractivity contribution < 1.29 is 44.6 Å². The van der Waals surface area contributed by atoms with Gasteiger partial charge in [0.2, 0.25) is 0 Å². The number of unbranched alkanes of at least 4 members (excludes halogenated alkanes) is 1. The summed E-state index contributed by atoms with van der Waals surface area (Å²) in [4.78, 5) is 15.3. The molecule has 0 heterocycles. The number of rotatable bonds is 8. The van der Waals surface area contributed by atoms with Crippen LogP contribution in [0.1, 0.15) is 49.3 Å². The van der Waals surface area contributed by atoms with Gasteiger partial charge in [-0.1, -0.05) is 41.8 Å². The summed E-state index contributed by atoms with van der Waals surface area (Å²) in [7, 11) is 0. The second-order valence-electron chi connectivity index (χ2n) is 6.57. The van der Waals surface area contributed by atoms with Crippen LogP contribution in [-0.4, -0.2) is 22.8 Å². The first kappa shape index (κ1) is 25.0. The first-order chi connectivity index (χ1) is 12.8. The van der Waals surface area contributed by atoms with Gasteiger partial charge in [0, 0.05) is 33.2 Å². The Balaban J connectivity index is 0.00000392. The third kappa shape index (κ3) is 7.41. The van der Waals surface area contributed by atoms with Crippen molar-refractivity contribution in [3.63, 3.8) is 0 Å². The van der Waals surface area contributed by atoms with Crippen molar-refractivity contribution in [1.29, 1.82) is 0 Å². The summed E-state index contributed by atoms with van der Waals surface area (Å²) in [6, 6.07) is 10.6. The normalized spacial score (nSPS) is 12.4. The third-order valence-electron chi connectivity index (χ3n) is 4.24. The molecular weight excluding hydrogens is 408 g/mol. The second-order valence-corrected chi connectivity index (χ2v) is 7.44. The molecule has 0 aliphatic carbocycles. The Morgan fingerprint density at radius 1 is 1.14 bits per heavy atom. The Morgan fingerprint density at radius 2 is 1.79 bits per heavy atom. The number of hydrogen-bond donors (Lipinski definition) is 1. The van der Waals surface area contributed by atoms with E-state index in [0.717, 1.165) is 18.4 Å². The summed E-state index contributed by atoms with van der Waals surface area (Å²) >= 11 is 12.2. The van der Waals surface area contributed by atoms with Crippen LogP contribution in [0.15, 0.2) is 41.4 Å². The van der Waals surface area contributed by atoms with E-state index < -0.39 is 5.97 Å². The van der Waals surface area contributed by atoms with E-state index in [2.05, 4.69) is 0 Å². The van der Waals surface area contributed by atoms with Gasteiger partial charge in [-0.15, -0.1) is 0 Å².